The lowest BCUT2D eigenvalue weighted by Crippen LogP contribution is -2.50. The third-order valence-corrected chi connectivity index (χ3v) is 5.77. The van der Waals surface area contributed by atoms with Crippen molar-refractivity contribution in [3.63, 3.8) is 0 Å². The maximum atomic E-state index is 12.9. The first-order valence-corrected chi connectivity index (χ1v) is 10.7. The molecule has 3 rings (SSSR count). The Morgan fingerprint density at radius 2 is 1.96 bits per heavy atom. The predicted octanol–water partition coefficient (Wildman–Crippen LogP) is 2.28. The predicted molar refractivity (Wildman–Crippen MR) is 111 cm³/mol. The lowest BCUT2D eigenvalue weighted by atomic mass is 10.0. The molecule has 0 N–H and O–H groups in total. The van der Waals surface area contributed by atoms with Crippen molar-refractivity contribution in [1.82, 2.24) is 19.8 Å². The van der Waals surface area contributed by atoms with Crippen LogP contribution in [0.3, 0.4) is 0 Å². The Morgan fingerprint density at radius 1 is 1.21 bits per heavy atom. The average molecular weight is 390 g/mol. The van der Waals surface area contributed by atoms with Gasteiger partial charge in [-0.05, 0) is 19.4 Å². The summed E-state index contributed by atoms with van der Waals surface area (Å²) in [4.78, 5) is 28.3. The van der Waals surface area contributed by atoms with Crippen molar-refractivity contribution in [1.29, 1.82) is 0 Å². The van der Waals surface area contributed by atoms with Crippen LogP contribution in [-0.4, -0.2) is 84.2 Å². The summed E-state index contributed by atoms with van der Waals surface area (Å²) in [7, 11) is 2.08. The summed E-state index contributed by atoms with van der Waals surface area (Å²) in [6.07, 6.45) is 7.15. The minimum Gasteiger partial charge on any atom is -0.371 e. The highest BCUT2D eigenvalue weighted by molar-refractivity contribution is 5.92. The minimum atomic E-state index is -0.0151. The van der Waals surface area contributed by atoms with Gasteiger partial charge in [-0.1, -0.05) is 33.6 Å². The Hall–Kier alpha value is -1.73. The first-order valence-electron chi connectivity index (χ1n) is 10.7. The molecule has 3 heterocycles. The van der Waals surface area contributed by atoms with Crippen molar-refractivity contribution < 1.29 is 9.53 Å². The van der Waals surface area contributed by atoms with Crippen LogP contribution in [0, 0.1) is 5.92 Å². The van der Waals surface area contributed by atoms with Crippen LogP contribution in [0.5, 0.6) is 0 Å². The van der Waals surface area contributed by atoms with E-state index in [0.29, 0.717) is 11.6 Å². The highest BCUT2D eigenvalue weighted by Crippen LogP contribution is 2.24. The van der Waals surface area contributed by atoms with Crippen LogP contribution >= 0.6 is 0 Å². The molecule has 1 aromatic rings. The van der Waals surface area contributed by atoms with E-state index in [4.69, 9.17) is 9.72 Å². The first-order chi connectivity index (χ1) is 13.5. The Morgan fingerprint density at radius 3 is 2.64 bits per heavy atom. The molecule has 7 heteroatoms. The summed E-state index contributed by atoms with van der Waals surface area (Å²) in [5.41, 5.74) is 0.444. The van der Waals surface area contributed by atoms with E-state index in [-0.39, 0.29) is 18.1 Å². The van der Waals surface area contributed by atoms with Gasteiger partial charge >= 0.3 is 0 Å². The van der Waals surface area contributed by atoms with Crippen molar-refractivity contribution in [2.24, 2.45) is 5.92 Å². The van der Waals surface area contributed by atoms with Crippen LogP contribution in [0.25, 0.3) is 0 Å². The topological polar surface area (TPSA) is 61.8 Å². The van der Waals surface area contributed by atoms with E-state index >= 15 is 0 Å². The molecule has 28 heavy (non-hydrogen) atoms. The van der Waals surface area contributed by atoms with E-state index in [1.165, 1.54) is 6.42 Å². The van der Waals surface area contributed by atoms with Crippen molar-refractivity contribution in [2.45, 2.75) is 52.2 Å². The number of morpholine rings is 1. The van der Waals surface area contributed by atoms with Crippen molar-refractivity contribution in [3.8, 4) is 0 Å². The van der Waals surface area contributed by atoms with Gasteiger partial charge in [0.1, 0.15) is 11.5 Å². The SMILES string of the molecule is CCCC[C@@H]1CN(c2cncc(C(=O)N3CCN(C)CC3)n2)C[C@H](C(C)C)O1. The fourth-order valence-corrected chi connectivity index (χ4v) is 3.80. The third kappa shape index (κ3) is 5.20. The number of likely N-dealkylation sites (N-methyl/N-ethyl adjacent to an activating group) is 1. The number of rotatable bonds is 6. The van der Waals surface area contributed by atoms with E-state index in [1.807, 2.05) is 4.90 Å². The maximum absolute atomic E-state index is 12.9. The zero-order chi connectivity index (χ0) is 20.1. The largest absolute Gasteiger partial charge is 0.371 e. The number of hydrogen-bond acceptors (Lipinski definition) is 6. The summed E-state index contributed by atoms with van der Waals surface area (Å²) >= 11 is 0. The number of piperazine rings is 1. The highest BCUT2D eigenvalue weighted by atomic mass is 16.5. The quantitative estimate of drug-likeness (QED) is 0.744. The third-order valence-electron chi connectivity index (χ3n) is 5.77. The number of unbranched alkanes of at least 4 members (excludes halogenated alkanes) is 1. The summed E-state index contributed by atoms with van der Waals surface area (Å²) in [6.45, 7) is 11.5. The molecule has 1 aromatic heterocycles. The molecule has 2 atom stereocenters. The molecule has 2 fully saturated rings. The zero-order valence-corrected chi connectivity index (χ0v) is 17.8. The molecule has 0 saturated carbocycles. The molecule has 2 aliphatic rings. The molecular formula is C21H35N5O2. The number of carbonyl (C=O) groups excluding carboxylic acids is 1. The smallest absolute Gasteiger partial charge is 0.274 e. The molecule has 2 saturated heterocycles. The number of nitrogens with zero attached hydrogens (tertiary/aromatic N) is 5. The number of anilines is 1. The van der Waals surface area contributed by atoms with Gasteiger partial charge in [0.05, 0.1) is 24.6 Å². The fourth-order valence-electron chi connectivity index (χ4n) is 3.80. The number of carbonyl (C=O) groups is 1. The van der Waals surface area contributed by atoms with Crippen LogP contribution < -0.4 is 4.90 Å². The Kier molecular flexibility index (Phi) is 7.24. The second-order valence-corrected chi connectivity index (χ2v) is 8.45. The molecule has 0 spiro atoms. The lowest BCUT2D eigenvalue weighted by Gasteiger charge is -2.40. The Balaban J connectivity index is 1.73. The molecule has 0 radical (unpaired) electrons. The van der Waals surface area contributed by atoms with E-state index in [1.54, 1.807) is 12.4 Å². The van der Waals surface area contributed by atoms with Gasteiger partial charge in [0, 0.05) is 39.3 Å². The summed E-state index contributed by atoms with van der Waals surface area (Å²) in [5, 5.41) is 0. The van der Waals surface area contributed by atoms with Gasteiger partial charge in [-0.25, -0.2) is 4.98 Å². The molecule has 0 aromatic carbocycles. The first kappa shape index (κ1) is 21.0. The van der Waals surface area contributed by atoms with Gasteiger partial charge in [0.2, 0.25) is 0 Å². The summed E-state index contributed by atoms with van der Waals surface area (Å²) < 4.78 is 6.31. The molecule has 1 amide bonds. The molecule has 0 aliphatic carbocycles. The van der Waals surface area contributed by atoms with Crippen molar-refractivity contribution >= 4 is 11.7 Å². The second kappa shape index (κ2) is 9.65. The summed E-state index contributed by atoms with van der Waals surface area (Å²) in [5.74, 6) is 1.21. The normalized spacial score (nSPS) is 24.0. The molecule has 7 nitrogen and oxygen atoms in total. The van der Waals surface area contributed by atoms with E-state index < -0.39 is 0 Å². The van der Waals surface area contributed by atoms with Gasteiger partial charge < -0.3 is 19.4 Å². The van der Waals surface area contributed by atoms with Crippen LogP contribution in [0.15, 0.2) is 12.4 Å². The Labute approximate surface area is 169 Å². The molecule has 0 unspecified atom stereocenters. The monoisotopic (exact) mass is 389 g/mol. The van der Waals surface area contributed by atoms with Gasteiger partial charge in [-0.2, -0.15) is 0 Å². The standard InChI is InChI=1S/C21H35N5O2/c1-5-6-7-17-14-26(15-19(28-17)16(2)3)20-13-22-12-18(23-20)21(27)25-10-8-24(4)9-11-25/h12-13,16-17,19H,5-11,14-15H2,1-4H3/t17-,19-/m1/s1. The van der Waals surface area contributed by atoms with Crippen LogP contribution in [0.1, 0.15) is 50.5 Å². The van der Waals surface area contributed by atoms with Crippen LogP contribution in [-0.2, 0) is 4.74 Å². The zero-order valence-electron chi connectivity index (χ0n) is 17.8. The van der Waals surface area contributed by atoms with Crippen LogP contribution in [0.2, 0.25) is 0 Å². The van der Waals surface area contributed by atoms with E-state index in [0.717, 1.165) is 57.9 Å². The van der Waals surface area contributed by atoms with Crippen molar-refractivity contribution in [3.05, 3.63) is 18.1 Å². The maximum Gasteiger partial charge on any atom is 0.274 e. The lowest BCUT2D eigenvalue weighted by molar-refractivity contribution is -0.0521. The average Bonchev–Trinajstić information content (AvgIpc) is 2.72. The number of aromatic nitrogens is 2. The van der Waals surface area contributed by atoms with E-state index in [9.17, 15) is 4.79 Å². The van der Waals surface area contributed by atoms with Crippen LogP contribution in [0.4, 0.5) is 5.82 Å². The van der Waals surface area contributed by atoms with Gasteiger partial charge in [-0.15, -0.1) is 0 Å². The summed E-state index contributed by atoms with van der Waals surface area (Å²) in [6, 6.07) is 0. The number of ether oxygens (including phenoxy) is 1. The fraction of sp³-hybridized carbons (Fsp3) is 0.762. The molecule has 156 valence electrons. The molecular weight excluding hydrogens is 354 g/mol. The van der Waals surface area contributed by atoms with Gasteiger partial charge in [0.25, 0.3) is 5.91 Å². The van der Waals surface area contributed by atoms with Crippen molar-refractivity contribution in [2.75, 3.05) is 51.2 Å². The Bertz CT molecular complexity index is 645. The second-order valence-electron chi connectivity index (χ2n) is 8.45. The van der Waals surface area contributed by atoms with Gasteiger partial charge in [0.15, 0.2) is 0 Å². The minimum absolute atomic E-state index is 0.0151. The highest BCUT2D eigenvalue weighted by Gasteiger charge is 2.31. The molecule has 0 bridgehead atoms. The van der Waals surface area contributed by atoms with E-state index in [2.05, 4.69) is 42.6 Å². The number of hydrogen-bond donors (Lipinski definition) is 0. The molecule has 2 aliphatic heterocycles. The van der Waals surface area contributed by atoms with Gasteiger partial charge in [-0.3, -0.25) is 9.78 Å². The number of amides is 1.